The minimum Gasteiger partial charge on any atom is -0.427 e. The Kier molecular flexibility index (Phi) is 5.82. The zero-order chi connectivity index (χ0) is 18.6. The third-order valence-corrected chi connectivity index (χ3v) is 3.94. The second-order valence-electron chi connectivity index (χ2n) is 7.53. The average molecular weight is 346 g/mol. The molecule has 6 heteroatoms. The number of benzene rings is 1. The Labute approximate surface area is 148 Å². The van der Waals surface area contributed by atoms with E-state index in [9.17, 15) is 14.4 Å². The number of carbonyl (C=O) groups excluding carboxylic acids is 3. The molecule has 0 saturated carbocycles. The molecule has 1 aliphatic heterocycles. The van der Waals surface area contributed by atoms with Gasteiger partial charge in [-0.05, 0) is 23.6 Å². The molecule has 0 N–H and O–H groups in total. The van der Waals surface area contributed by atoms with Crippen LogP contribution in [0.4, 0.5) is 0 Å². The lowest BCUT2D eigenvalue weighted by molar-refractivity contribution is -0.134. The van der Waals surface area contributed by atoms with Crippen molar-refractivity contribution < 1.29 is 19.1 Å². The number of carbonyl (C=O) groups is 3. The van der Waals surface area contributed by atoms with Gasteiger partial charge in [-0.25, -0.2) is 0 Å². The number of hydrogen-bond acceptors (Lipinski definition) is 4. The van der Waals surface area contributed by atoms with Gasteiger partial charge in [-0.2, -0.15) is 0 Å². The second kappa shape index (κ2) is 7.68. The molecule has 1 aliphatic rings. The first kappa shape index (κ1) is 19.0. The Bertz CT molecular complexity index is 656. The Morgan fingerprint density at radius 2 is 1.64 bits per heavy atom. The van der Waals surface area contributed by atoms with Gasteiger partial charge in [-0.3, -0.25) is 14.4 Å². The van der Waals surface area contributed by atoms with Gasteiger partial charge in [0.1, 0.15) is 5.75 Å². The van der Waals surface area contributed by atoms with E-state index in [2.05, 4.69) is 0 Å². The Balaban J connectivity index is 1.95. The summed E-state index contributed by atoms with van der Waals surface area (Å²) in [6, 6.07) is 6.60. The third kappa shape index (κ3) is 5.59. The molecular formula is C19H26N2O4. The zero-order valence-corrected chi connectivity index (χ0v) is 15.4. The normalized spacial score (nSPS) is 15.0. The highest BCUT2D eigenvalue weighted by molar-refractivity contribution is 5.95. The van der Waals surface area contributed by atoms with Gasteiger partial charge in [0.2, 0.25) is 5.91 Å². The molecule has 1 fully saturated rings. The maximum Gasteiger partial charge on any atom is 0.308 e. The fourth-order valence-corrected chi connectivity index (χ4v) is 2.77. The Hall–Kier alpha value is -2.37. The minimum atomic E-state index is -0.421. The number of hydrogen-bond donors (Lipinski definition) is 0. The van der Waals surface area contributed by atoms with Crippen LogP contribution in [0, 0.1) is 5.41 Å². The van der Waals surface area contributed by atoms with Crippen molar-refractivity contribution in [3.63, 3.8) is 0 Å². The topological polar surface area (TPSA) is 66.9 Å². The van der Waals surface area contributed by atoms with Crippen LogP contribution in [0.3, 0.4) is 0 Å². The summed E-state index contributed by atoms with van der Waals surface area (Å²) in [6.45, 7) is 9.55. The van der Waals surface area contributed by atoms with Crippen LogP contribution in [0.5, 0.6) is 5.75 Å². The van der Waals surface area contributed by atoms with E-state index in [1.165, 1.54) is 6.92 Å². The van der Waals surface area contributed by atoms with E-state index in [-0.39, 0.29) is 17.2 Å². The number of amides is 2. The molecule has 0 radical (unpaired) electrons. The maximum absolute atomic E-state index is 12.6. The van der Waals surface area contributed by atoms with Crippen LogP contribution in [0.2, 0.25) is 0 Å². The number of ether oxygens (including phenoxy) is 1. The summed E-state index contributed by atoms with van der Waals surface area (Å²) in [6.07, 6.45) is 0.505. The molecule has 1 saturated heterocycles. The van der Waals surface area contributed by atoms with Crippen molar-refractivity contribution in [3.05, 3.63) is 29.8 Å². The standard InChI is InChI=1S/C19H26N2O4/c1-14(22)25-16-7-5-6-15(12-16)18(24)21-10-8-20(9-11-21)17(23)13-19(2,3)4/h5-7,12H,8-11,13H2,1-4H3. The highest BCUT2D eigenvalue weighted by atomic mass is 16.5. The first-order valence-corrected chi connectivity index (χ1v) is 8.51. The maximum atomic E-state index is 12.6. The molecule has 0 aromatic heterocycles. The quantitative estimate of drug-likeness (QED) is 0.622. The predicted octanol–water partition coefficient (Wildman–Crippen LogP) is 2.33. The first-order valence-electron chi connectivity index (χ1n) is 8.51. The van der Waals surface area contributed by atoms with Crippen molar-refractivity contribution in [2.75, 3.05) is 26.2 Å². The van der Waals surface area contributed by atoms with Crippen LogP contribution in [-0.2, 0) is 9.59 Å². The highest BCUT2D eigenvalue weighted by Gasteiger charge is 2.27. The first-order chi connectivity index (χ1) is 11.7. The van der Waals surface area contributed by atoms with Gasteiger partial charge in [0.05, 0.1) is 0 Å². The molecule has 25 heavy (non-hydrogen) atoms. The number of esters is 1. The van der Waals surface area contributed by atoms with Crippen LogP contribution in [-0.4, -0.2) is 53.8 Å². The lowest BCUT2D eigenvalue weighted by Crippen LogP contribution is -2.51. The van der Waals surface area contributed by atoms with Crippen molar-refractivity contribution in [2.45, 2.75) is 34.1 Å². The molecule has 0 atom stereocenters. The monoisotopic (exact) mass is 346 g/mol. The van der Waals surface area contributed by atoms with Crippen LogP contribution in [0.25, 0.3) is 0 Å². The van der Waals surface area contributed by atoms with E-state index >= 15 is 0 Å². The van der Waals surface area contributed by atoms with E-state index in [1.807, 2.05) is 25.7 Å². The molecule has 1 heterocycles. The average Bonchev–Trinajstić information content (AvgIpc) is 2.52. The fraction of sp³-hybridized carbons (Fsp3) is 0.526. The molecule has 6 nitrogen and oxygen atoms in total. The van der Waals surface area contributed by atoms with Gasteiger partial charge in [0.15, 0.2) is 0 Å². The van der Waals surface area contributed by atoms with Gasteiger partial charge in [-0.15, -0.1) is 0 Å². The summed E-state index contributed by atoms with van der Waals surface area (Å²) in [5.74, 6) is -0.0405. The molecule has 0 unspecified atom stereocenters. The SMILES string of the molecule is CC(=O)Oc1cccc(C(=O)N2CCN(C(=O)CC(C)(C)C)CC2)c1. The van der Waals surface area contributed by atoms with Gasteiger partial charge in [0, 0.05) is 45.1 Å². The number of piperazine rings is 1. The van der Waals surface area contributed by atoms with Crippen molar-refractivity contribution in [1.82, 2.24) is 9.80 Å². The predicted molar refractivity (Wildman–Crippen MR) is 94.3 cm³/mol. The molecule has 1 aromatic rings. The second-order valence-corrected chi connectivity index (χ2v) is 7.53. The van der Waals surface area contributed by atoms with Gasteiger partial charge in [0.25, 0.3) is 5.91 Å². The summed E-state index contributed by atoms with van der Waals surface area (Å²) in [7, 11) is 0. The summed E-state index contributed by atoms with van der Waals surface area (Å²) in [5.41, 5.74) is 0.439. The van der Waals surface area contributed by atoms with Gasteiger partial charge < -0.3 is 14.5 Å². The molecule has 0 aliphatic carbocycles. The van der Waals surface area contributed by atoms with E-state index in [1.54, 1.807) is 29.2 Å². The van der Waals surface area contributed by atoms with Crippen LogP contribution < -0.4 is 4.74 Å². The Morgan fingerprint density at radius 3 is 2.20 bits per heavy atom. The molecule has 2 amide bonds. The third-order valence-electron chi connectivity index (χ3n) is 3.94. The summed E-state index contributed by atoms with van der Waals surface area (Å²) in [4.78, 5) is 39.5. The largest absolute Gasteiger partial charge is 0.427 e. The Morgan fingerprint density at radius 1 is 1.04 bits per heavy atom. The fourth-order valence-electron chi connectivity index (χ4n) is 2.77. The van der Waals surface area contributed by atoms with E-state index in [0.717, 1.165) is 0 Å². The van der Waals surface area contributed by atoms with E-state index < -0.39 is 5.97 Å². The van der Waals surface area contributed by atoms with Crippen molar-refractivity contribution in [2.24, 2.45) is 5.41 Å². The highest BCUT2D eigenvalue weighted by Crippen LogP contribution is 2.21. The molecule has 0 spiro atoms. The smallest absolute Gasteiger partial charge is 0.308 e. The van der Waals surface area contributed by atoms with Crippen LogP contribution in [0.15, 0.2) is 24.3 Å². The van der Waals surface area contributed by atoms with Crippen LogP contribution >= 0.6 is 0 Å². The zero-order valence-electron chi connectivity index (χ0n) is 15.4. The molecule has 1 aromatic carbocycles. The minimum absolute atomic E-state index is 0.0405. The summed E-state index contributed by atoms with van der Waals surface area (Å²) >= 11 is 0. The van der Waals surface area contributed by atoms with E-state index in [0.29, 0.717) is 43.9 Å². The van der Waals surface area contributed by atoms with Crippen molar-refractivity contribution in [3.8, 4) is 5.75 Å². The van der Waals surface area contributed by atoms with Crippen molar-refractivity contribution in [1.29, 1.82) is 0 Å². The van der Waals surface area contributed by atoms with Gasteiger partial charge in [-0.1, -0.05) is 26.8 Å². The summed E-state index contributed by atoms with van der Waals surface area (Å²) in [5, 5.41) is 0. The van der Waals surface area contributed by atoms with E-state index in [4.69, 9.17) is 4.74 Å². The molecule has 136 valence electrons. The lowest BCUT2D eigenvalue weighted by atomic mass is 9.91. The van der Waals surface area contributed by atoms with Crippen LogP contribution in [0.1, 0.15) is 44.5 Å². The molecular weight excluding hydrogens is 320 g/mol. The number of rotatable bonds is 3. The van der Waals surface area contributed by atoms with Crippen molar-refractivity contribution >= 4 is 17.8 Å². The molecule has 0 bridgehead atoms. The van der Waals surface area contributed by atoms with Gasteiger partial charge >= 0.3 is 5.97 Å². The molecule has 2 rings (SSSR count). The summed E-state index contributed by atoms with van der Waals surface area (Å²) < 4.78 is 5.02. The number of nitrogens with zero attached hydrogens (tertiary/aromatic N) is 2. The lowest BCUT2D eigenvalue weighted by Gasteiger charge is -2.36.